The summed E-state index contributed by atoms with van der Waals surface area (Å²) >= 11 is 1.26. The fourth-order valence-electron chi connectivity index (χ4n) is 4.08. The molecule has 0 radical (unpaired) electrons. The van der Waals surface area contributed by atoms with Crippen molar-refractivity contribution in [2.75, 3.05) is 11.9 Å². The van der Waals surface area contributed by atoms with Crippen LogP contribution in [0.2, 0.25) is 0 Å². The number of nitrogens with zero attached hydrogens (tertiary/aromatic N) is 3. The number of aliphatic imine (C=N–C) groups is 1. The molecule has 42 heavy (non-hydrogen) atoms. The first-order valence-corrected chi connectivity index (χ1v) is 13.9. The Hall–Kier alpha value is -5.03. The van der Waals surface area contributed by atoms with Gasteiger partial charge in [-0.15, -0.1) is 0 Å². The molecule has 0 aliphatic carbocycles. The summed E-state index contributed by atoms with van der Waals surface area (Å²) in [6.07, 6.45) is 0.951. The first-order chi connectivity index (χ1) is 20.4. The minimum Gasteiger partial charge on any atom is -0.445 e. The number of carbonyl (C=O) groups excluding carboxylic acids is 3. The van der Waals surface area contributed by atoms with Gasteiger partial charge in [0.25, 0.3) is 0 Å². The Morgan fingerprint density at radius 3 is 2.50 bits per heavy atom. The maximum absolute atomic E-state index is 13.8. The van der Waals surface area contributed by atoms with Gasteiger partial charge in [0.2, 0.25) is 11.8 Å². The van der Waals surface area contributed by atoms with Crippen LogP contribution in [-0.2, 0) is 27.5 Å². The summed E-state index contributed by atoms with van der Waals surface area (Å²) in [5.41, 5.74) is 3.13. The smallest absolute Gasteiger partial charge is 0.407 e. The summed E-state index contributed by atoms with van der Waals surface area (Å²) in [6.45, 7) is 0.0442. The van der Waals surface area contributed by atoms with Crippen molar-refractivity contribution in [3.8, 4) is 0 Å². The summed E-state index contributed by atoms with van der Waals surface area (Å²) in [4.78, 5) is 48.2. The van der Waals surface area contributed by atoms with Gasteiger partial charge in [-0.05, 0) is 53.6 Å². The number of thioether (sulfide) groups is 1. The van der Waals surface area contributed by atoms with Crippen LogP contribution < -0.4 is 10.6 Å². The summed E-state index contributed by atoms with van der Waals surface area (Å²) < 4.78 is 18.9. The molecule has 0 saturated carbocycles. The number of amidine groups is 1. The Balaban J connectivity index is 1.21. The van der Waals surface area contributed by atoms with Gasteiger partial charge < -0.3 is 15.4 Å². The number of pyridine rings is 1. The summed E-state index contributed by atoms with van der Waals surface area (Å²) in [5.74, 6) is -1.04. The van der Waals surface area contributed by atoms with E-state index in [4.69, 9.17) is 4.74 Å². The second kappa shape index (κ2) is 13.6. The SMILES string of the molecule is O=C(CNC(=O)OCc1ccccc1)Nc1ccc(C2SC(=Nc3cccc(F)c3)N(Cc3ccccn3)C2=O)cc1. The van der Waals surface area contributed by atoms with Crippen LogP contribution in [0.25, 0.3) is 0 Å². The van der Waals surface area contributed by atoms with Gasteiger partial charge in [-0.1, -0.05) is 66.4 Å². The molecule has 0 bridgehead atoms. The average Bonchev–Trinajstić information content (AvgIpc) is 3.30. The zero-order valence-corrected chi connectivity index (χ0v) is 23.1. The van der Waals surface area contributed by atoms with E-state index in [1.54, 1.807) is 53.6 Å². The number of amides is 3. The summed E-state index contributed by atoms with van der Waals surface area (Å²) in [5, 5.41) is 4.97. The lowest BCUT2D eigenvalue weighted by Crippen LogP contribution is -2.33. The molecule has 1 aliphatic heterocycles. The third kappa shape index (κ3) is 7.58. The van der Waals surface area contributed by atoms with Crippen molar-refractivity contribution in [3.63, 3.8) is 0 Å². The fraction of sp³-hybridized carbons (Fsp3) is 0.129. The van der Waals surface area contributed by atoms with Crippen molar-refractivity contribution in [3.05, 3.63) is 126 Å². The van der Waals surface area contributed by atoms with Gasteiger partial charge in [0.05, 0.1) is 17.9 Å². The molecular weight excluding hydrogens is 557 g/mol. The van der Waals surface area contributed by atoms with E-state index >= 15 is 0 Å². The minimum absolute atomic E-state index is 0.0988. The van der Waals surface area contributed by atoms with Gasteiger partial charge in [-0.2, -0.15) is 0 Å². The van der Waals surface area contributed by atoms with Crippen molar-refractivity contribution in [1.82, 2.24) is 15.2 Å². The first-order valence-electron chi connectivity index (χ1n) is 13.0. The Morgan fingerprint density at radius 2 is 1.76 bits per heavy atom. The number of nitrogens with one attached hydrogen (secondary N) is 2. The number of alkyl carbamates (subject to hydrolysis) is 1. The standard InChI is InChI=1S/C31H26FN5O4S/c32-23-9-6-11-25(17-23)36-30-37(19-26-10-4-5-16-33-26)29(39)28(42-30)22-12-14-24(15-13-22)35-27(38)18-34-31(40)41-20-21-7-2-1-3-8-21/h1-17,28H,18-20H2,(H,34,40)(H,35,38). The summed E-state index contributed by atoms with van der Waals surface area (Å²) in [7, 11) is 0. The zero-order chi connectivity index (χ0) is 29.3. The molecule has 2 heterocycles. The highest BCUT2D eigenvalue weighted by atomic mass is 32.2. The second-order valence-electron chi connectivity index (χ2n) is 9.20. The van der Waals surface area contributed by atoms with Crippen molar-refractivity contribution in [2.24, 2.45) is 4.99 Å². The van der Waals surface area contributed by atoms with Crippen LogP contribution in [0.4, 0.5) is 20.6 Å². The number of hydrogen-bond donors (Lipinski definition) is 2. The number of hydrogen-bond acceptors (Lipinski definition) is 7. The minimum atomic E-state index is -0.702. The summed E-state index contributed by atoms with van der Waals surface area (Å²) in [6, 6.07) is 27.4. The Bertz CT molecular complexity index is 1590. The van der Waals surface area contributed by atoms with E-state index in [1.807, 2.05) is 42.5 Å². The number of ether oxygens (including phenoxy) is 1. The third-order valence-corrected chi connectivity index (χ3v) is 7.36. The lowest BCUT2D eigenvalue weighted by molar-refractivity contribution is -0.126. The number of rotatable bonds is 9. The maximum Gasteiger partial charge on any atom is 0.407 e. The number of anilines is 1. The van der Waals surface area contributed by atoms with Crippen LogP contribution in [0, 0.1) is 5.82 Å². The van der Waals surface area contributed by atoms with Crippen molar-refractivity contribution < 1.29 is 23.5 Å². The second-order valence-corrected chi connectivity index (χ2v) is 10.3. The predicted octanol–water partition coefficient (Wildman–Crippen LogP) is 5.59. The van der Waals surface area contributed by atoms with Gasteiger partial charge in [-0.25, -0.2) is 14.2 Å². The van der Waals surface area contributed by atoms with E-state index in [2.05, 4.69) is 20.6 Å². The van der Waals surface area contributed by atoms with Gasteiger partial charge in [0.15, 0.2) is 5.17 Å². The molecule has 5 rings (SSSR count). The largest absolute Gasteiger partial charge is 0.445 e. The first kappa shape index (κ1) is 28.5. The Labute approximate surface area is 245 Å². The van der Waals surface area contributed by atoms with Gasteiger partial charge in [0.1, 0.15) is 24.2 Å². The van der Waals surface area contributed by atoms with Crippen molar-refractivity contribution in [2.45, 2.75) is 18.4 Å². The van der Waals surface area contributed by atoms with E-state index < -0.39 is 23.1 Å². The molecule has 11 heteroatoms. The molecular formula is C31H26FN5O4S. The normalized spacial score (nSPS) is 15.5. The topological polar surface area (TPSA) is 113 Å². The molecule has 1 atom stereocenters. The van der Waals surface area contributed by atoms with E-state index in [-0.39, 0.29) is 25.6 Å². The van der Waals surface area contributed by atoms with Crippen molar-refractivity contribution >= 4 is 46.2 Å². The van der Waals surface area contributed by atoms with Crippen LogP contribution in [0.1, 0.15) is 22.1 Å². The van der Waals surface area contributed by atoms with Crippen LogP contribution in [0.5, 0.6) is 0 Å². The van der Waals surface area contributed by atoms with E-state index in [1.165, 1.54) is 23.9 Å². The fourth-order valence-corrected chi connectivity index (χ4v) is 5.25. The number of carbonyl (C=O) groups is 3. The molecule has 4 aromatic rings. The van der Waals surface area contributed by atoms with E-state index in [9.17, 15) is 18.8 Å². The molecule has 9 nitrogen and oxygen atoms in total. The van der Waals surface area contributed by atoms with E-state index in [0.29, 0.717) is 27.8 Å². The molecule has 2 N–H and O–H groups in total. The highest BCUT2D eigenvalue weighted by Gasteiger charge is 2.39. The quantitative estimate of drug-likeness (QED) is 0.266. The lowest BCUT2D eigenvalue weighted by Gasteiger charge is -2.16. The molecule has 1 aromatic heterocycles. The monoisotopic (exact) mass is 583 g/mol. The molecule has 1 saturated heterocycles. The average molecular weight is 584 g/mol. The molecule has 1 aliphatic rings. The molecule has 3 aromatic carbocycles. The zero-order valence-electron chi connectivity index (χ0n) is 22.3. The van der Waals surface area contributed by atoms with E-state index in [0.717, 1.165) is 5.56 Å². The molecule has 212 valence electrons. The molecule has 1 unspecified atom stereocenters. The maximum atomic E-state index is 13.8. The predicted molar refractivity (Wildman–Crippen MR) is 158 cm³/mol. The third-order valence-electron chi connectivity index (χ3n) is 6.13. The van der Waals surface area contributed by atoms with Gasteiger partial charge in [-0.3, -0.25) is 19.5 Å². The van der Waals surface area contributed by atoms with Crippen LogP contribution >= 0.6 is 11.8 Å². The molecule has 0 spiro atoms. The Kier molecular flexibility index (Phi) is 9.20. The van der Waals surface area contributed by atoms with Gasteiger partial charge in [0, 0.05) is 11.9 Å². The number of aromatic nitrogens is 1. The molecule has 3 amide bonds. The van der Waals surface area contributed by atoms with Crippen LogP contribution in [0.3, 0.4) is 0 Å². The van der Waals surface area contributed by atoms with Crippen LogP contribution in [0.15, 0.2) is 108 Å². The highest BCUT2D eigenvalue weighted by molar-refractivity contribution is 8.15. The van der Waals surface area contributed by atoms with Crippen LogP contribution in [-0.4, -0.2) is 39.5 Å². The van der Waals surface area contributed by atoms with Crippen molar-refractivity contribution in [1.29, 1.82) is 0 Å². The number of benzene rings is 3. The molecule has 1 fully saturated rings. The number of halogens is 1. The lowest BCUT2D eigenvalue weighted by atomic mass is 10.1. The Morgan fingerprint density at radius 1 is 0.976 bits per heavy atom. The highest BCUT2D eigenvalue weighted by Crippen LogP contribution is 2.41. The van der Waals surface area contributed by atoms with Gasteiger partial charge >= 0.3 is 6.09 Å².